The van der Waals surface area contributed by atoms with Crippen molar-refractivity contribution >= 4 is 18.0 Å². The molecular weight excluding hydrogens is 326 g/mol. The zero-order chi connectivity index (χ0) is 18.8. The van der Waals surface area contributed by atoms with Crippen LogP contribution in [0.5, 0.6) is 0 Å². The topological polar surface area (TPSA) is 54.3 Å². The minimum atomic E-state index is -0.412. The van der Waals surface area contributed by atoms with E-state index < -0.39 is 6.03 Å². The number of aromatic nitrogens is 1. The van der Waals surface area contributed by atoms with Gasteiger partial charge in [0.2, 0.25) is 0 Å². The van der Waals surface area contributed by atoms with Crippen molar-refractivity contribution in [3.8, 4) is 5.69 Å². The number of nitrogens with one attached hydrogen (secondary N) is 1. The molecule has 0 bridgehead atoms. The van der Waals surface area contributed by atoms with Crippen molar-refractivity contribution in [1.29, 1.82) is 0 Å². The van der Waals surface area contributed by atoms with Gasteiger partial charge in [0.15, 0.2) is 0 Å². The molecule has 3 amide bonds. The minimum absolute atomic E-state index is 0.199. The molecule has 1 fully saturated rings. The summed E-state index contributed by atoms with van der Waals surface area (Å²) in [6, 6.07) is 10.1. The van der Waals surface area contributed by atoms with Gasteiger partial charge in [0, 0.05) is 23.6 Å². The van der Waals surface area contributed by atoms with Crippen LogP contribution in [0.1, 0.15) is 29.4 Å². The predicted octanol–water partition coefficient (Wildman–Crippen LogP) is 3.74. The van der Waals surface area contributed by atoms with Crippen molar-refractivity contribution in [3.05, 3.63) is 71.2 Å². The number of nitrogens with zero attached hydrogens (tertiary/aromatic N) is 2. The van der Waals surface area contributed by atoms with Crippen LogP contribution >= 0.6 is 0 Å². The van der Waals surface area contributed by atoms with Crippen molar-refractivity contribution in [2.45, 2.75) is 27.2 Å². The number of aryl methyl sites for hydroxylation is 2. The lowest BCUT2D eigenvalue weighted by molar-refractivity contribution is -0.122. The van der Waals surface area contributed by atoms with Crippen molar-refractivity contribution in [1.82, 2.24) is 14.8 Å². The summed E-state index contributed by atoms with van der Waals surface area (Å²) in [6.45, 7) is 9.95. The monoisotopic (exact) mass is 349 g/mol. The summed E-state index contributed by atoms with van der Waals surface area (Å²) < 4.78 is 2.15. The molecule has 26 heavy (non-hydrogen) atoms. The van der Waals surface area contributed by atoms with E-state index in [1.54, 1.807) is 6.08 Å². The molecule has 1 aromatic heterocycles. The first-order valence-corrected chi connectivity index (χ1v) is 8.70. The van der Waals surface area contributed by atoms with Crippen LogP contribution in [0.15, 0.2) is 48.7 Å². The first-order chi connectivity index (χ1) is 12.5. The van der Waals surface area contributed by atoms with Gasteiger partial charge < -0.3 is 9.88 Å². The molecule has 1 aliphatic rings. The Bertz CT molecular complexity index is 904. The van der Waals surface area contributed by atoms with E-state index in [-0.39, 0.29) is 12.5 Å². The van der Waals surface area contributed by atoms with Gasteiger partial charge in [-0.15, -0.1) is 6.58 Å². The average molecular weight is 349 g/mol. The third-order valence-corrected chi connectivity index (χ3v) is 4.65. The standard InChI is InChI=1S/C21H23N3O2/c1-5-11-23-20(25)19(22-21(23)26)13-17-12-14(3)24(15(17)4)18-9-7-16(6-2)8-10-18/h5,7-10,12-13H,1,6,11H2,2-4H3,(H,22,26)/b19-13+. The Morgan fingerprint density at radius 1 is 1.15 bits per heavy atom. The van der Waals surface area contributed by atoms with Crippen molar-refractivity contribution < 1.29 is 9.59 Å². The molecule has 1 aliphatic heterocycles. The molecular formula is C21H23N3O2. The molecule has 3 rings (SSSR count). The molecule has 2 heterocycles. The van der Waals surface area contributed by atoms with E-state index in [0.717, 1.165) is 34.0 Å². The summed E-state index contributed by atoms with van der Waals surface area (Å²) in [5.41, 5.74) is 5.66. The highest BCUT2D eigenvalue weighted by Crippen LogP contribution is 2.24. The molecule has 5 nitrogen and oxygen atoms in total. The highest BCUT2D eigenvalue weighted by Gasteiger charge is 2.32. The fourth-order valence-electron chi connectivity index (χ4n) is 3.23. The summed E-state index contributed by atoms with van der Waals surface area (Å²) in [7, 11) is 0. The molecule has 0 atom stereocenters. The van der Waals surface area contributed by atoms with E-state index in [1.165, 1.54) is 11.6 Å². The number of hydrogen-bond donors (Lipinski definition) is 1. The molecule has 0 spiro atoms. The number of hydrogen-bond acceptors (Lipinski definition) is 2. The Hall–Kier alpha value is -3.08. The van der Waals surface area contributed by atoms with Crippen LogP contribution in [0, 0.1) is 13.8 Å². The van der Waals surface area contributed by atoms with Crippen LogP contribution in [0.4, 0.5) is 4.79 Å². The zero-order valence-corrected chi connectivity index (χ0v) is 15.4. The van der Waals surface area contributed by atoms with Gasteiger partial charge >= 0.3 is 6.03 Å². The highest BCUT2D eigenvalue weighted by atomic mass is 16.2. The highest BCUT2D eigenvalue weighted by molar-refractivity contribution is 6.14. The summed E-state index contributed by atoms with van der Waals surface area (Å²) in [4.78, 5) is 25.4. The molecule has 134 valence electrons. The number of imide groups is 1. The molecule has 1 saturated heterocycles. The maximum absolute atomic E-state index is 12.4. The Labute approximate surface area is 153 Å². The van der Waals surface area contributed by atoms with Gasteiger partial charge in [0.05, 0.1) is 0 Å². The van der Waals surface area contributed by atoms with Gasteiger partial charge in [-0.25, -0.2) is 4.79 Å². The number of benzene rings is 1. The molecule has 0 unspecified atom stereocenters. The average Bonchev–Trinajstić information content (AvgIpc) is 3.05. The second-order valence-electron chi connectivity index (χ2n) is 6.37. The number of urea groups is 1. The third kappa shape index (κ3) is 3.08. The van der Waals surface area contributed by atoms with Gasteiger partial charge in [-0.1, -0.05) is 25.1 Å². The number of amides is 3. The summed E-state index contributed by atoms with van der Waals surface area (Å²) in [5.74, 6) is -0.327. The van der Waals surface area contributed by atoms with E-state index in [1.807, 2.05) is 19.9 Å². The Morgan fingerprint density at radius 2 is 1.85 bits per heavy atom. The van der Waals surface area contributed by atoms with E-state index >= 15 is 0 Å². The van der Waals surface area contributed by atoms with Crippen LogP contribution in [-0.2, 0) is 11.2 Å². The molecule has 1 N–H and O–H groups in total. The Kier molecular flexibility index (Phi) is 4.80. The Morgan fingerprint density at radius 3 is 2.46 bits per heavy atom. The fraction of sp³-hybridized carbons (Fsp3) is 0.238. The predicted molar refractivity (Wildman–Crippen MR) is 103 cm³/mol. The summed E-state index contributed by atoms with van der Waals surface area (Å²) in [5, 5.41) is 2.64. The molecule has 2 aromatic rings. The quantitative estimate of drug-likeness (QED) is 0.508. The largest absolute Gasteiger partial charge is 0.329 e. The van der Waals surface area contributed by atoms with E-state index in [4.69, 9.17) is 0 Å². The van der Waals surface area contributed by atoms with E-state index in [9.17, 15) is 9.59 Å². The van der Waals surface area contributed by atoms with Crippen LogP contribution in [-0.4, -0.2) is 28.0 Å². The van der Waals surface area contributed by atoms with E-state index in [2.05, 4.69) is 47.7 Å². The maximum atomic E-state index is 12.4. The van der Waals surface area contributed by atoms with Crippen molar-refractivity contribution in [2.24, 2.45) is 0 Å². The van der Waals surface area contributed by atoms with Gasteiger partial charge in [-0.3, -0.25) is 9.69 Å². The molecule has 0 radical (unpaired) electrons. The smallest absolute Gasteiger partial charge is 0.318 e. The zero-order valence-electron chi connectivity index (χ0n) is 15.4. The number of carbonyl (C=O) groups is 2. The molecule has 0 aliphatic carbocycles. The number of rotatable bonds is 5. The Balaban J connectivity index is 1.96. The van der Waals surface area contributed by atoms with Gasteiger partial charge in [-0.05, 0) is 55.7 Å². The normalized spacial score (nSPS) is 15.7. The first-order valence-electron chi connectivity index (χ1n) is 8.70. The first kappa shape index (κ1) is 17.7. The van der Waals surface area contributed by atoms with Gasteiger partial charge in [0.1, 0.15) is 5.70 Å². The summed E-state index contributed by atoms with van der Waals surface area (Å²) >= 11 is 0. The van der Waals surface area contributed by atoms with Gasteiger partial charge in [0.25, 0.3) is 5.91 Å². The lowest BCUT2D eigenvalue weighted by atomic mass is 10.1. The second-order valence-corrected chi connectivity index (χ2v) is 6.37. The van der Waals surface area contributed by atoms with Crippen molar-refractivity contribution in [2.75, 3.05) is 6.54 Å². The summed E-state index contributed by atoms with van der Waals surface area (Å²) in [6.07, 6.45) is 4.28. The molecule has 1 aromatic carbocycles. The molecule has 0 saturated carbocycles. The third-order valence-electron chi connectivity index (χ3n) is 4.65. The number of carbonyl (C=O) groups excluding carboxylic acids is 2. The van der Waals surface area contributed by atoms with Crippen LogP contribution in [0.3, 0.4) is 0 Å². The van der Waals surface area contributed by atoms with Crippen LogP contribution < -0.4 is 5.32 Å². The van der Waals surface area contributed by atoms with Crippen molar-refractivity contribution in [3.63, 3.8) is 0 Å². The fourth-order valence-corrected chi connectivity index (χ4v) is 3.23. The second kappa shape index (κ2) is 7.04. The van der Waals surface area contributed by atoms with Crippen LogP contribution in [0.25, 0.3) is 11.8 Å². The van der Waals surface area contributed by atoms with Gasteiger partial charge in [-0.2, -0.15) is 0 Å². The lowest BCUT2D eigenvalue weighted by Gasteiger charge is -2.10. The minimum Gasteiger partial charge on any atom is -0.318 e. The lowest BCUT2D eigenvalue weighted by Crippen LogP contribution is -2.30. The van der Waals surface area contributed by atoms with E-state index in [0.29, 0.717) is 5.70 Å². The SMILES string of the molecule is C=CCN1C(=O)N/C(=C/c2cc(C)n(-c3ccc(CC)cc3)c2C)C1=O. The van der Waals surface area contributed by atoms with Crippen LogP contribution in [0.2, 0.25) is 0 Å². The molecule has 5 heteroatoms. The maximum Gasteiger partial charge on any atom is 0.329 e.